The first-order chi connectivity index (χ1) is 14.0. The fourth-order valence-electron chi connectivity index (χ4n) is 3.26. The van der Waals surface area contributed by atoms with Gasteiger partial charge in [0.05, 0.1) is 11.2 Å². The molecule has 2 aromatic carbocycles. The Bertz CT molecular complexity index is 1340. The maximum Gasteiger partial charge on any atom is 0.333 e. The molecule has 0 aliphatic heterocycles. The van der Waals surface area contributed by atoms with Crippen molar-refractivity contribution in [3.63, 3.8) is 0 Å². The molecule has 0 spiro atoms. The topological polar surface area (TPSA) is 56.0 Å². The SMILES string of the molecule is Cc1ccc(-c2ccc3nnc(C(F)(F)c4ccc5ncccc5c4)n3n2)cc1. The third kappa shape index (κ3) is 2.91. The molecule has 0 saturated heterocycles. The van der Waals surface area contributed by atoms with Gasteiger partial charge in [0.25, 0.3) is 0 Å². The van der Waals surface area contributed by atoms with Crippen molar-refractivity contribution in [1.29, 1.82) is 0 Å². The summed E-state index contributed by atoms with van der Waals surface area (Å²) in [7, 11) is 0. The van der Waals surface area contributed by atoms with Gasteiger partial charge in [0.1, 0.15) is 0 Å². The van der Waals surface area contributed by atoms with Crippen molar-refractivity contribution in [2.24, 2.45) is 0 Å². The Balaban J connectivity index is 1.64. The summed E-state index contributed by atoms with van der Waals surface area (Å²) >= 11 is 0. The minimum atomic E-state index is -3.37. The molecular formula is C22H15F2N5. The normalized spacial score (nSPS) is 12.0. The molecule has 0 saturated carbocycles. The summed E-state index contributed by atoms with van der Waals surface area (Å²) in [5.74, 6) is -3.90. The average Bonchev–Trinajstić information content (AvgIpc) is 3.18. The van der Waals surface area contributed by atoms with Gasteiger partial charge in [-0.3, -0.25) is 4.98 Å². The molecule has 142 valence electrons. The highest BCUT2D eigenvalue weighted by Crippen LogP contribution is 2.35. The van der Waals surface area contributed by atoms with Crippen molar-refractivity contribution in [1.82, 2.24) is 24.8 Å². The van der Waals surface area contributed by atoms with Crippen LogP contribution in [0.5, 0.6) is 0 Å². The summed E-state index contributed by atoms with van der Waals surface area (Å²) in [6.45, 7) is 1.98. The van der Waals surface area contributed by atoms with Gasteiger partial charge in [0.15, 0.2) is 5.65 Å². The summed E-state index contributed by atoms with van der Waals surface area (Å²) < 4.78 is 31.9. The van der Waals surface area contributed by atoms with Gasteiger partial charge >= 0.3 is 5.92 Å². The number of pyridine rings is 1. The number of fused-ring (bicyclic) bond motifs is 2. The van der Waals surface area contributed by atoms with E-state index in [1.807, 2.05) is 31.2 Å². The van der Waals surface area contributed by atoms with Gasteiger partial charge in [0.2, 0.25) is 5.82 Å². The minimum absolute atomic E-state index is 0.185. The maximum atomic E-state index is 15.4. The van der Waals surface area contributed by atoms with Crippen LogP contribution in [0.3, 0.4) is 0 Å². The van der Waals surface area contributed by atoms with Gasteiger partial charge < -0.3 is 0 Å². The highest BCUT2D eigenvalue weighted by molar-refractivity contribution is 5.79. The lowest BCUT2D eigenvalue weighted by atomic mass is 10.0. The molecule has 5 nitrogen and oxygen atoms in total. The number of aromatic nitrogens is 5. The monoisotopic (exact) mass is 387 g/mol. The molecule has 5 rings (SSSR count). The molecule has 3 heterocycles. The van der Waals surface area contributed by atoms with Crippen LogP contribution < -0.4 is 0 Å². The van der Waals surface area contributed by atoms with Gasteiger partial charge in [-0.1, -0.05) is 42.0 Å². The molecule has 0 radical (unpaired) electrons. The van der Waals surface area contributed by atoms with Crippen LogP contribution in [0.4, 0.5) is 8.78 Å². The molecule has 0 fully saturated rings. The van der Waals surface area contributed by atoms with E-state index in [1.54, 1.807) is 36.5 Å². The van der Waals surface area contributed by atoms with Crippen LogP contribution >= 0.6 is 0 Å². The van der Waals surface area contributed by atoms with Gasteiger partial charge in [-0.15, -0.1) is 10.2 Å². The van der Waals surface area contributed by atoms with Gasteiger partial charge in [0, 0.05) is 22.7 Å². The van der Waals surface area contributed by atoms with Crippen LogP contribution in [0.1, 0.15) is 17.0 Å². The number of nitrogens with zero attached hydrogens (tertiary/aromatic N) is 5. The molecule has 5 aromatic rings. The van der Waals surface area contributed by atoms with Gasteiger partial charge in [-0.05, 0) is 37.3 Å². The zero-order valence-electron chi connectivity index (χ0n) is 15.4. The van der Waals surface area contributed by atoms with E-state index in [0.29, 0.717) is 16.6 Å². The van der Waals surface area contributed by atoms with E-state index in [4.69, 9.17) is 0 Å². The molecule has 3 aromatic heterocycles. The first kappa shape index (κ1) is 17.4. The van der Waals surface area contributed by atoms with E-state index < -0.39 is 11.7 Å². The predicted octanol–water partition coefficient (Wildman–Crippen LogP) is 4.79. The fraction of sp³-hybridized carbons (Fsp3) is 0.0909. The van der Waals surface area contributed by atoms with E-state index in [-0.39, 0.29) is 11.2 Å². The van der Waals surface area contributed by atoms with Crippen molar-refractivity contribution < 1.29 is 8.78 Å². The highest BCUT2D eigenvalue weighted by Gasteiger charge is 2.40. The van der Waals surface area contributed by atoms with E-state index in [1.165, 1.54) is 12.1 Å². The first-order valence-corrected chi connectivity index (χ1v) is 9.05. The zero-order valence-corrected chi connectivity index (χ0v) is 15.4. The van der Waals surface area contributed by atoms with Gasteiger partial charge in [-0.2, -0.15) is 18.4 Å². The Kier molecular flexibility index (Phi) is 3.84. The third-order valence-electron chi connectivity index (χ3n) is 4.86. The Morgan fingerprint density at radius 3 is 2.55 bits per heavy atom. The Morgan fingerprint density at radius 1 is 0.897 bits per heavy atom. The third-order valence-corrected chi connectivity index (χ3v) is 4.86. The largest absolute Gasteiger partial charge is 0.333 e. The molecular weight excluding hydrogens is 372 g/mol. The van der Waals surface area contributed by atoms with E-state index in [0.717, 1.165) is 15.6 Å². The smallest absolute Gasteiger partial charge is 0.256 e. The quantitative estimate of drug-likeness (QED) is 0.447. The molecule has 0 aliphatic carbocycles. The average molecular weight is 387 g/mol. The fourth-order valence-corrected chi connectivity index (χ4v) is 3.26. The minimum Gasteiger partial charge on any atom is -0.256 e. The van der Waals surface area contributed by atoms with Crippen molar-refractivity contribution in [2.75, 3.05) is 0 Å². The molecule has 7 heteroatoms. The van der Waals surface area contributed by atoms with E-state index in [2.05, 4.69) is 20.3 Å². The number of hydrogen-bond acceptors (Lipinski definition) is 4. The molecule has 29 heavy (non-hydrogen) atoms. The van der Waals surface area contributed by atoms with Crippen LogP contribution in [0.15, 0.2) is 72.9 Å². The van der Waals surface area contributed by atoms with Crippen molar-refractivity contribution in [3.05, 3.63) is 89.9 Å². The van der Waals surface area contributed by atoms with Crippen molar-refractivity contribution in [2.45, 2.75) is 12.8 Å². The molecule has 0 N–H and O–H groups in total. The van der Waals surface area contributed by atoms with Gasteiger partial charge in [-0.25, -0.2) is 0 Å². The maximum absolute atomic E-state index is 15.4. The highest BCUT2D eigenvalue weighted by atomic mass is 19.3. The van der Waals surface area contributed by atoms with Crippen LogP contribution in [0, 0.1) is 6.92 Å². The molecule has 0 amide bonds. The Hall–Kier alpha value is -3.74. The zero-order chi connectivity index (χ0) is 20.0. The number of alkyl halides is 2. The summed E-state index contributed by atoms with van der Waals surface area (Å²) in [5.41, 5.74) is 3.23. The first-order valence-electron chi connectivity index (χ1n) is 9.05. The van der Waals surface area contributed by atoms with Crippen LogP contribution in [-0.4, -0.2) is 24.8 Å². The number of aryl methyl sites for hydroxylation is 1. The molecule has 0 bridgehead atoms. The van der Waals surface area contributed by atoms with Crippen LogP contribution in [0.25, 0.3) is 27.8 Å². The van der Waals surface area contributed by atoms with E-state index >= 15 is 8.78 Å². The Labute approximate surface area is 164 Å². The summed E-state index contributed by atoms with van der Waals surface area (Å²) in [6, 6.07) is 18.9. The summed E-state index contributed by atoms with van der Waals surface area (Å²) in [4.78, 5) is 4.18. The number of halogens is 2. The summed E-state index contributed by atoms with van der Waals surface area (Å²) in [6.07, 6.45) is 1.63. The summed E-state index contributed by atoms with van der Waals surface area (Å²) in [5, 5.41) is 12.7. The lowest BCUT2D eigenvalue weighted by Gasteiger charge is -2.15. The Morgan fingerprint density at radius 2 is 1.72 bits per heavy atom. The van der Waals surface area contributed by atoms with Crippen molar-refractivity contribution >= 4 is 16.6 Å². The van der Waals surface area contributed by atoms with Crippen molar-refractivity contribution in [3.8, 4) is 11.3 Å². The van der Waals surface area contributed by atoms with Crippen LogP contribution in [0.2, 0.25) is 0 Å². The second kappa shape index (κ2) is 6.41. The van der Waals surface area contributed by atoms with E-state index in [9.17, 15) is 0 Å². The number of benzene rings is 2. The molecule has 0 atom stereocenters. The standard InChI is InChI=1S/C22H15F2N5/c1-14-4-6-15(7-5-14)19-10-11-20-26-27-21(29(20)28-19)22(23,24)17-8-9-18-16(13-17)3-2-12-25-18/h2-13H,1H3. The second-order valence-corrected chi connectivity index (χ2v) is 6.86. The van der Waals surface area contributed by atoms with Crippen LogP contribution in [-0.2, 0) is 5.92 Å². The lowest BCUT2D eigenvalue weighted by molar-refractivity contribution is 0.0307. The molecule has 0 aliphatic rings. The molecule has 0 unspecified atom stereocenters. The lowest BCUT2D eigenvalue weighted by Crippen LogP contribution is -2.20. The predicted molar refractivity (Wildman–Crippen MR) is 106 cm³/mol. The second-order valence-electron chi connectivity index (χ2n) is 6.86. The number of hydrogen-bond donors (Lipinski definition) is 0. The number of rotatable bonds is 3.